The SMILES string of the molecule is COc1cccc(CN2CCOC(CN(C)CC(=O)O)C2)c1OC(C)C. The number of benzene rings is 1. The Morgan fingerprint density at radius 1 is 1.46 bits per heavy atom. The number of likely N-dealkylation sites (N-methyl/N-ethyl adjacent to an activating group) is 1. The molecular formula is C19H30N2O5. The predicted octanol–water partition coefficient (Wildman–Crippen LogP) is 1.70. The van der Waals surface area contributed by atoms with Gasteiger partial charge in [-0.05, 0) is 27.0 Å². The lowest BCUT2D eigenvalue weighted by atomic mass is 10.1. The van der Waals surface area contributed by atoms with E-state index < -0.39 is 5.97 Å². The third-order valence-electron chi connectivity index (χ3n) is 4.17. The molecule has 1 saturated heterocycles. The Morgan fingerprint density at radius 2 is 2.23 bits per heavy atom. The summed E-state index contributed by atoms with van der Waals surface area (Å²) in [4.78, 5) is 14.9. The van der Waals surface area contributed by atoms with E-state index in [0.29, 0.717) is 13.2 Å². The molecule has 1 aromatic carbocycles. The third kappa shape index (κ3) is 6.16. The molecular weight excluding hydrogens is 336 g/mol. The average Bonchev–Trinajstić information content (AvgIpc) is 2.55. The first-order valence-corrected chi connectivity index (χ1v) is 8.95. The van der Waals surface area contributed by atoms with Crippen molar-refractivity contribution in [3.8, 4) is 11.5 Å². The maximum Gasteiger partial charge on any atom is 0.317 e. The lowest BCUT2D eigenvalue weighted by molar-refractivity contribution is -0.138. The van der Waals surface area contributed by atoms with Crippen LogP contribution in [-0.2, 0) is 16.1 Å². The van der Waals surface area contributed by atoms with Crippen molar-refractivity contribution >= 4 is 5.97 Å². The highest BCUT2D eigenvalue weighted by Crippen LogP contribution is 2.33. The van der Waals surface area contributed by atoms with Gasteiger partial charge in [-0.3, -0.25) is 14.6 Å². The molecule has 0 aromatic heterocycles. The molecule has 26 heavy (non-hydrogen) atoms. The van der Waals surface area contributed by atoms with Gasteiger partial charge in [0, 0.05) is 31.7 Å². The van der Waals surface area contributed by atoms with Crippen LogP contribution in [0.25, 0.3) is 0 Å². The second-order valence-corrected chi connectivity index (χ2v) is 6.93. The number of morpholine rings is 1. The van der Waals surface area contributed by atoms with Crippen molar-refractivity contribution in [1.29, 1.82) is 0 Å². The van der Waals surface area contributed by atoms with Gasteiger partial charge in [0.15, 0.2) is 11.5 Å². The average molecular weight is 366 g/mol. The van der Waals surface area contributed by atoms with E-state index >= 15 is 0 Å². The van der Waals surface area contributed by atoms with Crippen LogP contribution < -0.4 is 9.47 Å². The zero-order valence-corrected chi connectivity index (χ0v) is 16.1. The van der Waals surface area contributed by atoms with Crippen molar-refractivity contribution < 1.29 is 24.1 Å². The highest BCUT2D eigenvalue weighted by atomic mass is 16.5. The van der Waals surface area contributed by atoms with E-state index in [-0.39, 0.29) is 18.8 Å². The minimum atomic E-state index is -0.827. The number of rotatable bonds is 9. The van der Waals surface area contributed by atoms with Gasteiger partial charge in [0.1, 0.15) is 0 Å². The van der Waals surface area contributed by atoms with Gasteiger partial charge in [-0.1, -0.05) is 12.1 Å². The molecule has 0 aliphatic carbocycles. The molecule has 1 aromatic rings. The van der Waals surface area contributed by atoms with Crippen LogP contribution in [0.3, 0.4) is 0 Å². The van der Waals surface area contributed by atoms with E-state index in [1.807, 2.05) is 26.0 Å². The molecule has 0 spiro atoms. The predicted molar refractivity (Wildman–Crippen MR) is 98.9 cm³/mol. The zero-order chi connectivity index (χ0) is 19.1. The maximum atomic E-state index is 10.8. The number of carbonyl (C=O) groups is 1. The highest BCUT2D eigenvalue weighted by Gasteiger charge is 2.24. The number of hydrogen-bond donors (Lipinski definition) is 1. The molecule has 0 bridgehead atoms. The second-order valence-electron chi connectivity index (χ2n) is 6.93. The molecule has 1 unspecified atom stereocenters. The van der Waals surface area contributed by atoms with Crippen LogP contribution in [-0.4, -0.2) is 80.0 Å². The van der Waals surface area contributed by atoms with E-state index in [1.54, 1.807) is 19.1 Å². The van der Waals surface area contributed by atoms with Gasteiger partial charge in [0.2, 0.25) is 0 Å². The minimum Gasteiger partial charge on any atom is -0.493 e. The standard InChI is InChI=1S/C19H30N2O5/c1-14(2)26-19-15(6-5-7-17(19)24-4)10-21-8-9-25-16(12-21)11-20(3)13-18(22)23/h5-7,14,16H,8-13H2,1-4H3,(H,22,23). The molecule has 1 N–H and O–H groups in total. The van der Waals surface area contributed by atoms with Crippen LogP contribution in [0, 0.1) is 0 Å². The fourth-order valence-electron chi connectivity index (χ4n) is 3.13. The molecule has 0 amide bonds. The van der Waals surface area contributed by atoms with Gasteiger partial charge < -0.3 is 19.3 Å². The highest BCUT2D eigenvalue weighted by molar-refractivity contribution is 5.69. The van der Waals surface area contributed by atoms with Crippen molar-refractivity contribution in [3.63, 3.8) is 0 Å². The van der Waals surface area contributed by atoms with Crippen LogP contribution >= 0.6 is 0 Å². The lowest BCUT2D eigenvalue weighted by Gasteiger charge is -2.35. The monoisotopic (exact) mass is 366 g/mol. The Bertz CT molecular complexity index is 593. The summed E-state index contributed by atoms with van der Waals surface area (Å²) in [5.74, 6) is 0.699. The Morgan fingerprint density at radius 3 is 2.88 bits per heavy atom. The number of hydrogen-bond acceptors (Lipinski definition) is 6. The zero-order valence-electron chi connectivity index (χ0n) is 16.1. The topological polar surface area (TPSA) is 71.5 Å². The van der Waals surface area contributed by atoms with E-state index in [0.717, 1.165) is 36.7 Å². The number of carboxylic acid groups (broad SMARTS) is 1. The number of ether oxygens (including phenoxy) is 3. The third-order valence-corrected chi connectivity index (χ3v) is 4.17. The van der Waals surface area contributed by atoms with Crippen molar-refractivity contribution in [1.82, 2.24) is 9.80 Å². The van der Waals surface area contributed by atoms with E-state index in [9.17, 15) is 4.79 Å². The summed E-state index contributed by atoms with van der Waals surface area (Å²) in [7, 11) is 3.45. The van der Waals surface area contributed by atoms with Crippen molar-refractivity contribution in [2.75, 3.05) is 46.9 Å². The number of carboxylic acids is 1. The minimum absolute atomic E-state index is 0.00632. The van der Waals surface area contributed by atoms with Crippen LogP contribution in [0.2, 0.25) is 0 Å². The molecule has 1 aliphatic heterocycles. The van der Waals surface area contributed by atoms with E-state index in [1.165, 1.54) is 0 Å². The molecule has 1 atom stereocenters. The Labute approximate surface area is 155 Å². The van der Waals surface area contributed by atoms with Gasteiger partial charge in [-0.2, -0.15) is 0 Å². The van der Waals surface area contributed by atoms with Gasteiger partial charge in [0.25, 0.3) is 0 Å². The lowest BCUT2D eigenvalue weighted by Crippen LogP contribution is -2.47. The number of aliphatic carboxylic acids is 1. The summed E-state index contributed by atoms with van der Waals surface area (Å²) < 4.78 is 17.2. The fraction of sp³-hybridized carbons (Fsp3) is 0.632. The van der Waals surface area contributed by atoms with Crippen molar-refractivity contribution in [2.45, 2.75) is 32.6 Å². The summed E-state index contributed by atoms with van der Waals surface area (Å²) in [5.41, 5.74) is 1.08. The molecule has 0 radical (unpaired) electrons. The number of methoxy groups -OCH3 is 1. The Hall–Kier alpha value is -1.83. The van der Waals surface area contributed by atoms with Crippen molar-refractivity contribution in [2.24, 2.45) is 0 Å². The van der Waals surface area contributed by atoms with E-state index in [2.05, 4.69) is 11.0 Å². The Kier molecular flexibility index (Phi) is 7.68. The van der Waals surface area contributed by atoms with E-state index in [4.69, 9.17) is 19.3 Å². The van der Waals surface area contributed by atoms with Gasteiger partial charge in [0.05, 0.1) is 32.5 Å². The summed E-state index contributed by atoms with van der Waals surface area (Å²) in [6, 6.07) is 5.94. The number of para-hydroxylation sites is 1. The maximum absolute atomic E-state index is 10.8. The molecule has 2 rings (SSSR count). The van der Waals surface area contributed by atoms with Crippen LogP contribution in [0.15, 0.2) is 18.2 Å². The van der Waals surface area contributed by atoms with Crippen LogP contribution in [0.5, 0.6) is 11.5 Å². The number of nitrogens with zero attached hydrogens (tertiary/aromatic N) is 2. The summed E-state index contributed by atoms with van der Waals surface area (Å²) >= 11 is 0. The quantitative estimate of drug-likeness (QED) is 0.713. The summed E-state index contributed by atoms with van der Waals surface area (Å²) in [6.45, 7) is 7.56. The fourth-order valence-corrected chi connectivity index (χ4v) is 3.13. The largest absolute Gasteiger partial charge is 0.493 e. The summed E-state index contributed by atoms with van der Waals surface area (Å²) in [5, 5.41) is 8.89. The molecule has 1 heterocycles. The molecule has 1 fully saturated rings. The molecule has 7 heteroatoms. The first-order chi connectivity index (χ1) is 12.4. The van der Waals surface area contributed by atoms with Crippen molar-refractivity contribution in [3.05, 3.63) is 23.8 Å². The molecule has 1 aliphatic rings. The molecule has 146 valence electrons. The first-order valence-electron chi connectivity index (χ1n) is 8.95. The molecule has 0 saturated carbocycles. The van der Waals surface area contributed by atoms with Crippen LogP contribution in [0.1, 0.15) is 19.4 Å². The first kappa shape index (κ1) is 20.5. The van der Waals surface area contributed by atoms with Gasteiger partial charge in [-0.25, -0.2) is 0 Å². The normalized spacial score (nSPS) is 18.3. The van der Waals surface area contributed by atoms with Crippen LogP contribution in [0.4, 0.5) is 0 Å². The smallest absolute Gasteiger partial charge is 0.317 e. The van der Waals surface area contributed by atoms with Gasteiger partial charge >= 0.3 is 5.97 Å². The van der Waals surface area contributed by atoms with Gasteiger partial charge in [-0.15, -0.1) is 0 Å². The molecule has 7 nitrogen and oxygen atoms in total. The second kappa shape index (κ2) is 9.75. The summed E-state index contributed by atoms with van der Waals surface area (Å²) in [6.07, 6.45) is 0.0559. The Balaban J connectivity index is 2.02.